The van der Waals surface area contributed by atoms with Crippen LogP contribution >= 0.6 is 0 Å². The number of piperazine rings is 1. The molecule has 7 nitrogen and oxygen atoms in total. The first-order valence-corrected chi connectivity index (χ1v) is 11.7. The fraction of sp³-hybridized carbons (Fsp3) is 0.333. The summed E-state index contributed by atoms with van der Waals surface area (Å²) in [6.07, 6.45) is 0. The molecule has 1 aliphatic heterocycles. The van der Waals surface area contributed by atoms with E-state index < -0.39 is 0 Å². The van der Waals surface area contributed by atoms with Crippen LogP contribution in [0, 0.1) is 10.1 Å². The molecule has 0 bridgehead atoms. The van der Waals surface area contributed by atoms with E-state index in [1.165, 1.54) is 11.1 Å². The number of ether oxygens (including phenoxy) is 1. The minimum Gasteiger partial charge on any atom is -0.383 e. The van der Waals surface area contributed by atoms with Gasteiger partial charge in [0.1, 0.15) is 5.69 Å². The highest BCUT2D eigenvalue weighted by atomic mass is 16.6. The summed E-state index contributed by atoms with van der Waals surface area (Å²) in [7, 11) is 1.61. The van der Waals surface area contributed by atoms with E-state index in [1.54, 1.807) is 19.2 Å². The van der Waals surface area contributed by atoms with Crippen LogP contribution in [0.5, 0.6) is 0 Å². The summed E-state index contributed by atoms with van der Waals surface area (Å²) >= 11 is 0. The summed E-state index contributed by atoms with van der Waals surface area (Å²) < 4.78 is 5.03. The van der Waals surface area contributed by atoms with Crippen LogP contribution in [0.25, 0.3) is 0 Å². The molecule has 7 heteroatoms. The average molecular weight is 461 g/mol. The number of hydrogen-bond donors (Lipinski definition) is 1. The second-order valence-corrected chi connectivity index (χ2v) is 8.56. The lowest BCUT2D eigenvalue weighted by Crippen LogP contribution is -2.47. The van der Waals surface area contributed by atoms with Gasteiger partial charge in [-0.3, -0.25) is 19.9 Å². The lowest BCUT2D eigenvalue weighted by Gasteiger charge is -2.39. The van der Waals surface area contributed by atoms with E-state index >= 15 is 0 Å². The topological polar surface area (TPSA) is 70.9 Å². The predicted octanol–water partition coefficient (Wildman–Crippen LogP) is 4.56. The SMILES string of the molecule is COCCNc1ccc(CN2CCN(C(c3ccccc3)c3ccccc3)CC2)cc1[N+](=O)[O-]. The number of benzene rings is 3. The number of rotatable bonds is 10. The lowest BCUT2D eigenvalue weighted by atomic mass is 9.96. The van der Waals surface area contributed by atoms with Crippen LogP contribution in [0.3, 0.4) is 0 Å². The summed E-state index contributed by atoms with van der Waals surface area (Å²) in [5.41, 5.74) is 4.20. The minimum absolute atomic E-state index is 0.112. The Morgan fingerprint density at radius 1 is 0.941 bits per heavy atom. The van der Waals surface area contributed by atoms with E-state index in [-0.39, 0.29) is 16.7 Å². The van der Waals surface area contributed by atoms with E-state index in [2.05, 4.69) is 75.8 Å². The lowest BCUT2D eigenvalue weighted by molar-refractivity contribution is -0.384. The minimum atomic E-state index is -0.319. The Morgan fingerprint density at radius 3 is 2.12 bits per heavy atom. The summed E-state index contributed by atoms with van der Waals surface area (Å²) in [4.78, 5) is 16.2. The van der Waals surface area contributed by atoms with Gasteiger partial charge in [-0.2, -0.15) is 0 Å². The third-order valence-electron chi connectivity index (χ3n) is 6.29. The molecular formula is C27H32N4O3. The van der Waals surface area contributed by atoms with E-state index in [1.807, 2.05) is 6.07 Å². The van der Waals surface area contributed by atoms with Crippen LogP contribution in [0.1, 0.15) is 22.7 Å². The molecule has 1 aliphatic rings. The maximum atomic E-state index is 11.6. The average Bonchev–Trinajstić information content (AvgIpc) is 2.87. The highest BCUT2D eigenvalue weighted by molar-refractivity contribution is 5.62. The smallest absolute Gasteiger partial charge is 0.292 e. The molecule has 0 aromatic heterocycles. The molecule has 1 N–H and O–H groups in total. The Kier molecular flexibility index (Phi) is 8.25. The van der Waals surface area contributed by atoms with E-state index in [0.29, 0.717) is 25.4 Å². The molecule has 0 amide bonds. The monoisotopic (exact) mass is 460 g/mol. The van der Waals surface area contributed by atoms with Crippen molar-refractivity contribution < 1.29 is 9.66 Å². The summed E-state index contributed by atoms with van der Waals surface area (Å²) in [6, 6.07) is 27.0. The molecule has 0 saturated carbocycles. The maximum Gasteiger partial charge on any atom is 0.292 e. The largest absolute Gasteiger partial charge is 0.383 e. The molecule has 4 rings (SSSR count). The Morgan fingerprint density at radius 2 is 1.56 bits per heavy atom. The normalized spacial score (nSPS) is 14.9. The molecule has 3 aromatic rings. The molecule has 0 spiro atoms. The van der Waals surface area contributed by atoms with Crippen molar-refractivity contribution in [3.05, 3.63) is 106 Å². The number of hydrogen-bond acceptors (Lipinski definition) is 6. The third kappa shape index (κ3) is 5.99. The third-order valence-corrected chi connectivity index (χ3v) is 6.29. The van der Waals surface area contributed by atoms with Gasteiger partial charge in [-0.05, 0) is 22.8 Å². The summed E-state index contributed by atoms with van der Waals surface area (Å²) in [5.74, 6) is 0. The first-order chi connectivity index (χ1) is 16.7. The van der Waals surface area contributed by atoms with Crippen molar-refractivity contribution in [1.82, 2.24) is 9.80 Å². The zero-order valence-electron chi connectivity index (χ0n) is 19.6. The van der Waals surface area contributed by atoms with E-state index in [0.717, 1.165) is 31.7 Å². The van der Waals surface area contributed by atoms with Crippen molar-refractivity contribution >= 4 is 11.4 Å². The van der Waals surface area contributed by atoms with Crippen LogP contribution in [-0.2, 0) is 11.3 Å². The van der Waals surface area contributed by atoms with Crippen molar-refractivity contribution in [2.75, 3.05) is 51.8 Å². The Hall–Kier alpha value is -3.26. The predicted molar refractivity (Wildman–Crippen MR) is 135 cm³/mol. The summed E-state index contributed by atoms with van der Waals surface area (Å²) in [6.45, 7) is 5.43. The number of nitro groups is 1. The number of anilines is 1. The molecule has 3 aromatic carbocycles. The van der Waals surface area contributed by atoms with Crippen molar-refractivity contribution in [3.63, 3.8) is 0 Å². The van der Waals surface area contributed by atoms with E-state index in [4.69, 9.17) is 4.74 Å². The number of nitro benzene ring substituents is 1. The molecule has 34 heavy (non-hydrogen) atoms. The second-order valence-electron chi connectivity index (χ2n) is 8.56. The van der Waals surface area contributed by atoms with Gasteiger partial charge in [-0.25, -0.2) is 0 Å². The quantitative estimate of drug-likeness (QED) is 0.272. The van der Waals surface area contributed by atoms with Crippen molar-refractivity contribution in [2.45, 2.75) is 12.6 Å². The van der Waals surface area contributed by atoms with Gasteiger partial charge in [0.15, 0.2) is 0 Å². The summed E-state index contributed by atoms with van der Waals surface area (Å²) in [5, 5.41) is 14.7. The molecule has 1 heterocycles. The van der Waals surface area contributed by atoms with Crippen LogP contribution in [0.15, 0.2) is 78.9 Å². The van der Waals surface area contributed by atoms with Gasteiger partial charge < -0.3 is 10.1 Å². The molecule has 1 saturated heterocycles. The van der Waals surface area contributed by atoms with Gasteiger partial charge in [0.2, 0.25) is 0 Å². The van der Waals surface area contributed by atoms with Crippen LogP contribution in [0.2, 0.25) is 0 Å². The standard InChI is InChI=1S/C27H32N4O3/c1-34-19-14-28-25-13-12-22(20-26(25)31(32)33)21-29-15-17-30(18-16-29)27(23-8-4-2-5-9-23)24-10-6-3-7-11-24/h2-13,20,27-28H,14-19,21H2,1H3. The van der Waals surface area contributed by atoms with Gasteiger partial charge in [-0.1, -0.05) is 66.7 Å². The fourth-order valence-corrected chi connectivity index (χ4v) is 4.59. The van der Waals surface area contributed by atoms with Crippen LogP contribution < -0.4 is 5.32 Å². The zero-order valence-corrected chi connectivity index (χ0v) is 19.6. The van der Waals surface area contributed by atoms with Gasteiger partial charge >= 0.3 is 0 Å². The Balaban J connectivity index is 1.42. The van der Waals surface area contributed by atoms with Crippen LogP contribution in [-0.4, -0.2) is 61.2 Å². The van der Waals surface area contributed by atoms with Gasteiger partial charge in [0.25, 0.3) is 5.69 Å². The maximum absolute atomic E-state index is 11.6. The number of nitrogens with one attached hydrogen (secondary N) is 1. The van der Waals surface area contributed by atoms with Gasteiger partial charge in [0, 0.05) is 52.4 Å². The number of nitrogens with zero attached hydrogens (tertiary/aromatic N) is 3. The van der Waals surface area contributed by atoms with Gasteiger partial charge in [0.05, 0.1) is 17.6 Å². The highest BCUT2D eigenvalue weighted by Crippen LogP contribution is 2.30. The molecule has 0 radical (unpaired) electrons. The highest BCUT2D eigenvalue weighted by Gasteiger charge is 2.26. The molecule has 0 atom stereocenters. The molecule has 0 aliphatic carbocycles. The molecule has 0 unspecified atom stereocenters. The first kappa shape index (κ1) is 23.9. The van der Waals surface area contributed by atoms with Gasteiger partial charge in [-0.15, -0.1) is 0 Å². The fourth-order valence-electron chi connectivity index (χ4n) is 4.59. The van der Waals surface area contributed by atoms with E-state index in [9.17, 15) is 10.1 Å². The second kappa shape index (κ2) is 11.7. The Labute approximate surface area is 201 Å². The Bertz CT molecular complexity index is 1010. The molecule has 178 valence electrons. The van der Waals surface area contributed by atoms with Crippen LogP contribution in [0.4, 0.5) is 11.4 Å². The first-order valence-electron chi connectivity index (χ1n) is 11.7. The van der Waals surface area contributed by atoms with Crippen molar-refractivity contribution in [1.29, 1.82) is 0 Å². The number of methoxy groups -OCH3 is 1. The van der Waals surface area contributed by atoms with Crippen molar-refractivity contribution in [3.8, 4) is 0 Å². The molecular weight excluding hydrogens is 428 g/mol. The zero-order chi connectivity index (χ0) is 23.8. The van der Waals surface area contributed by atoms with Crippen molar-refractivity contribution in [2.24, 2.45) is 0 Å². The molecule has 1 fully saturated rings.